The highest BCUT2D eigenvalue weighted by Crippen LogP contribution is 2.29. The summed E-state index contributed by atoms with van der Waals surface area (Å²) in [6, 6.07) is 17.9. The maximum atomic E-state index is 12.9. The minimum Gasteiger partial charge on any atom is -0.378 e. The van der Waals surface area contributed by atoms with Crippen LogP contribution >= 0.6 is 0 Å². The van der Waals surface area contributed by atoms with Crippen molar-refractivity contribution in [1.29, 1.82) is 0 Å². The number of hydrogen-bond donors (Lipinski definition) is 2. The molecule has 0 saturated heterocycles. The molecule has 0 fully saturated rings. The number of carbonyl (C=O) groups excluding carboxylic acids is 1. The molecule has 0 radical (unpaired) electrons. The molecule has 3 aromatic carbocycles. The maximum Gasteiger partial charge on any atom is 0.241 e. The molecule has 7 heteroatoms. The summed E-state index contributed by atoms with van der Waals surface area (Å²) in [5, 5.41) is 3.98. The van der Waals surface area contributed by atoms with Crippen LogP contribution in [0.2, 0.25) is 0 Å². The summed E-state index contributed by atoms with van der Waals surface area (Å²) in [4.78, 5) is 13.6. The molecule has 0 aromatic heterocycles. The van der Waals surface area contributed by atoms with Gasteiger partial charge in [0.1, 0.15) is 0 Å². The molecule has 2 N–H and O–H groups in total. The van der Waals surface area contributed by atoms with Gasteiger partial charge in [0.25, 0.3) is 0 Å². The molecule has 0 heterocycles. The van der Waals surface area contributed by atoms with Crippen molar-refractivity contribution < 1.29 is 13.2 Å². The molecule has 0 spiro atoms. The first-order chi connectivity index (χ1) is 13.3. The number of sulfonamides is 1. The van der Waals surface area contributed by atoms with Crippen molar-refractivity contribution in [2.45, 2.75) is 18.4 Å². The van der Waals surface area contributed by atoms with Gasteiger partial charge in [-0.05, 0) is 29.8 Å². The molecule has 0 atom stereocenters. The monoisotopic (exact) mass is 397 g/mol. The molecule has 0 saturated carbocycles. The van der Waals surface area contributed by atoms with Gasteiger partial charge < -0.3 is 10.2 Å². The summed E-state index contributed by atoms with van der Waals surface area (Å²) in [5.41, 5.74) is 2.50. The van der Waals surface area contributed by atoms with Crippen molar-refractivity contribution in [2.75, 3.05) is 24.3 Å². The molecule has 1 amide bonds. The third-order valence-electron chi connectivity index (χ3n) is 4.40. The zero-order chi connectivity index (χ0) is 20.3. The quantitative estimate of drug-likeness (QED) is 0.669. The molecule has 0 bridgehead atoms. The first-order valence-electron chi connectivity index (χ1n) is 8.83. The molecular formula is C21H23N3O3S. The maximum absolute atomic E-state index is 12.9. The molecule has 28 heavy (non-hydrogen) atoms. The predicted molar refractivity (Wildman–Crippen MR) is 113 cm³/mol. The fourth-order valence-electron chi connectivity index (χ4n) is 2.98. The first kappa shape index (κ1) is 19.9. The summed E-state index contributed by atoms with van der Waals surface area (Å²) >= 11 is 0. The van der Waals surface area contributed by atoms with E-state index in [1.54, 1.807) is 36.4 Å². The molecule has 3 aromatic rings. The Morgan fingerprint density at radius 3 is 2.21 bits per heavy atom. The van der Waals surface area contributed by atoms with Crippen LogP contribution in [0.25, 0.3) is 10.8 Å². The minimum atomic E-state index is -3.73. The molecule has 3 rings (SSSR count). The van der Waals surface area contributed by atoms with Crippen molar-refractivity contribution >= 4 is 38.1 Å². The van der Waals surface area contributed by atoms with Gasteiger partial charge in [0.15, 0.2) is 0 Å². The van der Waals surface area contributed by atoms with Crippen LogP contribution < -0.4 is 14.9 Å². The van der Waals surface area contributed by atoms with Crippen LogP contribution in [0.3, 0.4) is 0 Å². The van der Waals surface area contributed by atoms with Gasteiger partial charge in [-0.25, -0.2) is 13.1 Å². The summed E-state index contributed by atoms with van der Waals surface area (Å²) in [6.45, 7) is 1.61. The lowest BCUT2D eigenvalue weighted by Gasteiger charge is -2.14. The van der Waals surface area contributed by atoms with Crippen LogP contribution in [0.5, 0.6) is 0 Å². The van der Waals surface area contributed by atoms with Crippen LogP contribution in [-0.2, 0) is 21.4 Å². The third kappa shape index (κ3) is 4.32. The van der Waals surface area contributed by atoms with Gasteiger partial charge in [-0.3, -0.25) is 4.79 Å². The predicted octanol–water partition coefficient (Wildman–Crippen LogP) is 3.34. The Hall–Kier alpha value is -2.90. The van der Waals surface area contributed by atoms with E-state index in [0.29, 0.717) is 16.5 Å². The fraction of sp³-hybridized carbons (Fsp3) is 0.190. The van der Waals surface area contributed by atoms with E-state index in [9.17, 15) is 13.2 Å². The van der Waals surface area contributed by atoms with Crippen LogP contribution in [0.4, 0.5) is 11.4 Å². The third-order valence-corrected chi connectivity index (χ3v) is 5.86. The van der Waals surface area contributed by atoms with Gasteiger partial charge in [0.2, 0.25) is 15.9 Å². The Bertz CT molecular complexity index is 1110. The second-order valence-electron chi connectivity index (χ2n) is 6.72. The van der Waals surface area contributed by atoms with E-state index in [4.69, 9.17) is 0 Å². The van der Waals surface area contributed by atoms with Crippen LogP contribution in [-0.4, -0.2) is 28.4 Å². The van der Waals surface area contributed by atoms with Crippen LogP contribution in [0.15, 0.2) is 65.6 Å². The summed E-state index contributed by atoms with van der Waals surface area (Å²) in [6.07, 6.45) is 0. The Balaban J connectivity index is 1.89. The van der Waals surface area contributed by atoms with Crippen molar-refractivity contribution in [3.8, 4) is 0 Å². The smallest absolute Gasteiger partial charge is 0.241 e. The molecule has 0 aliphatic rings. The number of benzene rings is 3. The van der Waals surface area contributed by atoms with E-state index in [0.717, 1.165) is 11.3 Å². The van der Waals surface area contributed by atoms with Gasteiger partial charge in [0.05, 0.1) is 4.90 Å². The highest BCUT2D eigenvalue weighted by atomic mass is 32.2. The van der Waals surface area contributed by atoms with E-state index in [1.165, 1.54) is 6.92 Å². The van der Waals surface area contributed by atoms with Gasteiger partial charge in [0, 0.05) is 49.7 Å². The normalized spacial score (nSPS) is 11.4. The van der Waals surface area contributed by atoms with Gasteiger partial charge in [-0.1, -0.05) is 36.4 Å². The Kier molecular flexibility index (Phi) is 5.67. The number of fused-ring (bicyclic) bond motifs is 1. The molecule has 6 nitrogen and oxygen atoms in total. The fourth-order valence-corrected chi connectivity index (χ4v) is 4.22. The Morgan fingerprint density at radius 2 is 1.57 bits per heavy atom. The number of nitrogens with one attached hydrogen (secondary N) is 2. The van der Waals surface area contributed by atoms with E-state index >= 15 is 0 Å². The van der Waals surface area contributed by atoms with Crippen molar-refractivity contribution in [1.82, 2.24) is 4.72 Å². The lowest BCUT2D eigenvalue weighted by Crippen LogP contribution is -2.23. The zero-order valence-electron chi connectivity index (χ0n) is 16.1. The average Bonchev–Trinajstić information content (AvgIpc) is 2.66. The van der Waals surface area contributed by atoms with Crippen molar-refractivity contribution in [3.05, 3.63) is 66.2 Å². The largest absolute Gasteiger partial charge is 0.378 e. The lowest BCUT2D eigenvalue weighted by atomic mass is 10.1. The number of hydrogen-bond acceptors (Lipinski definition) is 4. The SMILES string of the molecule is CC(=O)Nc1cccc2c(S(=O)(=O)NCc3ccc(N(C)C)cc3)cccc12. The number of anilines is 2. The van der Waals surface area contributed by atoms with Crippen molar-refractivity contribution in [3.63, 3.8) is 0 Å². The van der Waals surface area contributed by atoms with E-state index < -0.39 is 10.0 Å². The van der Waals surface area contributed by atoms with Gasteiger partial charge in [-0.15, -0.1) is 0 Å². The van der Waals surface area contributed by atoms with E-state index in [1.807, 2.05) is 43.3 Å². The van der Waals surface area contributed by atoms with Crippen LogP contribution in [0, 0.1) is 0 Å². The van der Waals surface area contributed by atoms with Gasteiger partial charge >= 0.3 is 0 Å². The molecular weight excluding hydrogens is 374 g/mol. The summed E-state index contributed by atoms with van der Waals surface area (Å²) in [7, 11) is 0.174. The minimum absolute atomic E-state index is 0.183. The summed E-state index contributed by atoms with van der Waals surface area (Å²) in [5.74, 6) is -0.208. The molecule has 0 aliphatic carbocycles. The summed E-state index contributed by atoms with van der Waals surface area (Å²) < 4.78 is 28.5. The van der Waals surface area contributed by atoms with E-state index in [-0.39, 0.29) is 17.3 Å². The second-order valence-corrected chi connectivity index (χ2v) is 8.46. The molecule has 0 unspecified atom stereocenters. The standard InChI is InChI=1S/C21H23N3O3S/c1-15(25)23-20-8-4-7-19-18(20)6-5-9-21(19)28(26,27)22-14-16-10-12-17(13-11-16)24(2)3/h4-13,22H,14H2,1-3H3,(H,23,25). The Morgan fingerprint density at radius 1 is 0.929 bits per heavy atom. The first-order valence-corrected chi connectivity index (χ1v) is 10.3. The highest BCUT2D eigenvalue weighted by Gasteiger charge is 2.18. The topological polar surface area (TPSA) is 78.5 Å². The zero-order valence-corrected chi connectivity index (χ0v) is 16.9. The number of nitrogens with zero attached hydrogens (tertiary/aromatic N) is 1. The number of carbonyl (C=O) groups is 1. The van der Waals surface area contributed by atoms with Gasteiger partial charge in [-0.2, -0.15) is 0 Å². The van der Waals surface area contributed by atoms with E-state index in [2.05, 4.69) is 10.0 Å². The van der Waals surface area contributed by atoms with Crippen molar-refractivity contribution in [2.24, 2.45) is 0 Å². The highest BCUT2D eigenvalue weighted by molar-refractivity contribution is 7.89. The Labute approximate surface area is 165 Å². The average molecular weight is 398 g/mol. The molecule has 0 aliphatic heterocycles. The molecule has 146 valence electrons. The second kappa shape index (κ2) is 8.00. The van der Waals surface area contributed by atoms with Crippen LogP contribution in [0.1, 0.15) is 12.5 Å². The lowest BCUT2D eigenvalue weighted by molar-refractivity contribution is -0.114. The number of amides is 1. The number of rotatable bonds is 6.